The summed E-state index contributed by atoms with van der Waals surface area (Å²) in [4.78, 5) is 0. The van der Waals surface area contributed by atoms with E-state index < -0.39 is 0 Å². The van der Waals surface area contributed by atoms with E-state index in [-0.39, 0.29) is 6.10 Å². The Morgan fingerprint density at radius 2 is 2.50 bits per heavy atom. The highest BCUT2D eigenvalue weighted by Gasteiger charge is 2.19. The molecule has 0 aromatic carbocycles. The van der Waals surface area contributed by atoms with Crippen LogP contribution in [0.1, 0.15) is 19.8 Å². The van der Waals surface area contributed by atoms with Crippen molar-refractivity contribution in [3.05, 3.63) is 0 Å². The molecule has 48 valence electrons. The monoisotopic (exact) mass is 132 g/mol. The third-order valence-corrected chi connectivity index (χ3v) is 3.09. The first-order valence-corrected chi connectivity index (χ1v) is 4.15. The van der Waals surface area contributed by atoms with Crippen LogP contribution in [0.4, 0.5) is 0 Å². The predicted octanol–water partition coefficient (Wildman–Crippen LogP) is 1.26. The van der Waals surface area contributed by atoms with Crippen LogP contribution in [-0.2, 0) is 0 Å². The molecule has 1 rings (SSSR count). The topological polar surface area (TPSA) is 20.2 Å². The van der Waals surface area contributed by atoms with Gasteiger partial charge in [-0.1, -0.05) is 0 Å². The van der Waals surface area contributed by atoms with Crippen LogP contribution < -0.4 is 0 Å². The molecule has 2 heteroatoms. The zero-order chi connectivity index (χ0) is 5.98. The molecule has 1 aliphatic heterocycles. The summed E-state index contributed by atoms with van der Waals surface area (Å²) < 4.78 is 0. The van der Waals surface area contributed by atoms with E-state index >= 15 is 0 Å². The maximum atomic E-state index is 9.03. The molecule has 0 amide bonds. The molecule has 0 aliphatic carbocycles. The summed E-state index contributed by atoms with van der Waals surface area (Å²) in [5.74, 6) is 1.25. The normalized spacial score (nSPS) is 33.0. The third kappa shape index (κ3) is 1.39. The van der Waals surface area contributed by atoms with Crippen LogP contribution in [0.3, 0.4) is 0 Å². The van der Waals surface area contributed by atoms with Crippen molar-refractivity contribution in [1.29, 1.82) is 0 Å². The van der Waals surface area contributed by atoms with E-state index in [0.717, 1.165) is 0 Å². The van der Waals surface area contributed by atoms with Crippen molar-refractivity contribution in [3.8, 4) is 0 Å². The van der Waals surface area contributed by atoms with Gasteiger partial charge in [-0.05, 0) is 25.5 Å². The maximum absolute atomic E-state index is 9.03. The molecule has 0 aromatic heterocycles. The smallest absolute Gasteiger partial charge is 0.0630 e. The predicted molar refractivity (Wildman–Crippen MR) is 37.2 cm³/mol. The largest absolute Gasteiger partial charge is 0.392 e. The summed E-state index contributed by atoms with van der Waals surface area (Å²) in [7, 11) is 0. The van der Waals surface area contributed by atoms with E-state index in [9.17, 15) is 0 Å². The fourth-order valence-corrected chi connectivity index (χ4v) is 2.23. The van der Waals surface area contributed by atoms with Crippen LogP contribution in [0.25, 0.3) is 0 Å². The summed E-state index contributed by atoms with van der Waals surface area (Å²) in [5, 5.41) is 9.57. The van der Waals surface area contributed by atoms with Gasteiger partial charge in [0, 0.05) is 5.25 Å². The van der Waals surface area contributed by atoms with Gasteiger partial charge in [0.1, 0.15) is 0 Å². The molecule has 0 bridgehead atoms. The summed E-state index contributed by atoms with van der Waals surface area (Å²) in [6, 6.07) is 0. The Morgan fingerprint density at radius 3 is 2.75 bits per heavy atom. The number of rotatable bonds is 1. The van der Waals surface area contributed by atoms with Crippen molar-refractivity contribution < 1.29 is 5.11 Å². The lowest BCUT2D eigenvalue weighted by Gasteiger charge is -2.09. The summed E-state index contributed by atoms with van der Waals surface area (Å²) in [6.45, 7) is 1.88. The molecule has 1 fully saturated rings. The van der Waals surface area contributed by atoms with Crippen LogP contribution in [0.15, 0.2) is 0 Å². The zero-order valence-corrected chi connectivity index (χ0v) is 5.95. The van der Waals surface area contributed by atoms with Gasteiger partial charge in [0.15, 0.2) is 0 Å². The van der Waals surface area contributed by atoms with Crippen molar-refractivity contribution in [2.24, 2.45) is 0 Å². The number of aliphatic hydroxyl groups excluding tert-OH is 1. The van der Waals surface area contributed by atoms with Crippen molar-refractivity contribution in [3.63, 3.8) is 0 Å². The second-order valence-electron chi connectivity index (χ2n) is 2.29. The number of hydrogen-bond donors (Lipinski definition) is 1. The second kappa shape index (κ2) is 2.74. The molecular formula is C6H12OS. The number of aliphatic hydroxyl groups is 1. The average Bonchev–Trinajstić information content (AvgIpc) is 2.12. The Morgan fingerprint density at radius 1 is 1.75 bits per heavy atom. The van der Waals surface area contributed by atoms with Gasteiger partial charge in [-0.3, -0.25) is 0 Å². The molecule has 1 heterocycles. The molecule has 0 saturated carbocycles. The molecule has 0 spiro atoms. The lowest BCUT2D eigenvalue weighted by atomic mass is 10.2. The molecule has 0 aromatic rings. The van der Waals surface area contributed by atoms with Crippen molar-refractivity contribution in [1.82, 2.24) is 0 Å². The number of thioether (sulfide) groups is 1. The summed E-state index contributed by atoms with van der Waals surface area (Å²) in [6.07, 6.45) is 2.41. The first kappa shape index (κ1) is 6.43. The van der Waals surface area contributed by atoms with Crippen LogP contribution >= 0.6 is 11.8 Å². The fourth-order valence-electron chi connectivity index (χ4n) is 0.983. The second-order valence-corrected chi connectivity index (χ2v) is 3.64. The van der Waals surface area contributed by atoms with Crippen molar-refractivity contribution >= 4 is 11.8 Å². The zero-order valence-electron chi connectivity index (χ0n) is 5.13. The van der Waals surface area contributed by atoms with E-state index in [1.807, 2.05) is 18.7 Å². The van der Waals surface area contributed by atoms with Crippen LogP contribution in [0.2, 0.25) is 0 Å². The summed E-state index contributed by atoms with van der Waals surface area (Å²) in [5.41, 5.74) is 0. The lowest BCUT2D eigenvalue weighted by Crippen LogP contribution is -2.15. The molecule has 8 heavy (non-hydrogen) atoms. The Kier molecular flexibility index (Phi) is 2.20. The fraction of sp³-hybridized carbons (Fsp3) is 1.00. The van der Waals surface area contributed by atoms with Crippen LogP contribution in [-0.4, -0.2) is 22.2 Å². The van der Waals surface area contributed by atoms with Gasteiger partial charge in [0.05, 0.1) is 6.10 Å². The Balaban J connectivity index is 2.24. The van der Waals surface area contributed by atoms with Gasteiger partial charge in [-0.15, -0.1) is 0 Å². The average molecular weight is 132 g/mol. The Bertz CT molecular complexity index is 66.9. The Hall–Kier alpha value is 0.310. The third-order valence-electron chi connectivity index (χ3n) is 1.50. The minimum atomic E-state index is -0.0949. The van der Waals surface area contributed by atoms with Crippen LogP contribution in [0, 0.1) is 0 Å². The highest BCUT2D eigenvalue weighted by Crippen LogP contribution is 2.28. The molecular weight excluding hydrogens is 120 g/mol. The molecule has 1 nitrogen and oxygen atoms in total. The molecule has 0 radical (unpaired) electrons. The first-order valence-electron chi connectivity index (χ1n) is 3.10. The minimum Gasteiger partial charge on any atom is -0.392 e. The van der Waals surface area contributed by atoms with Crippen molar-refractivity contribution in [2.75, 3.05) is 5.75 Å². The van der Waals surface area contributed by atoms with E-state index in [1.165, 1.54) is 18.6 Å². The highest BCUT2D eigenvalue weighted by atomic mass is 32.2. The van der Waals surface area contributed by atoms with Gasteiger partial charge in [0.2, 0.25) is 0 Å². The molecule has 2 unspecified atom stereocenters. The van der Waals surface area contributed by atoms with Gasteiger partial charge >= 0.3 is 0 Å². The molecule has 1 saturated heterocycles. The molecule has 1 aliphatic rings. The summed E-state index contributed by atoms with van der Waals surface area (Å²) >= 11 is 1.90. The minimum absolute atomic E-state index is 0.0949. The highest BCUT2D eigenvalue weighted by molar-refractivity contribution is 8.00. The SMILES string of the molecule is CC(O)C1CCCS1. The Labute approximate surface area is 54.5 Å². The van der Waals surface area contributed by atoms with Crippen LogP contribution in [0.5, 0.6) is 0 Å². The lowest BCUT2D eigenvalue weighted by molar-refractivity contribution is 0.190. The standard InChI is InChI=1S/C6H12OS/c1-5(7)6-3-2-4-8-6/h5-7H,2-4H2,1H3. The maximum Gasteiger partial charge on any atom is 0.0630 e. The van der Waals surface area contributed by atoms with Gasteiger partial charge < -0.3 is 5.11 Å². The van der Waals surface area contributed by atoms with E-state index in [4.69, 9.17) is 5.11 Å². The van der Waals surface area contributed by atoms with E-state index in [1.54, 1.807) is 0 Å². The number of hydrogen-bond acceptors (Lipinski definition) is 2. The van der Waals surface area contributed by atoms with E-state index in [2.05, 4.69) is 0 Å². The van der Waals surface area contributed by atoms with Gasteiger partial charge in [0.25, 0.3) is 0 Å². The quantitative estimate of drug-likeness (QED) is 0.579. The van der Waals surface area contributed by atoms with Crippen molar-refractivity contribution in [2.45, 2.75) is 31.1 Å². The molecule has 1 N–H and O–H groups in total. The van der Waals surface area contributed by atoms with Gasteiger partial charge in [-0.25, -0.2) is 0 Å². The first-order chi connectivity index (χ1) is 3.80. The van der Waals surface area contributed by atoms with E-state index in [0.29, 0.717) is 5.25 Å². The molecule has 2 atom stereocenters. The van der Waals surface area contributed by atoms with Gasteiger partial charge in [-0.2, -0.15) is 11.8 Å².